The molecule has 0 aliphatic carbocycles. The van der Waals surface area contributed by atoms with Crippen molar-refractivity contribution in [1.29, 1.82) is 0 Å². The molecule has 0 aliphatic heterocycles. The first-order chi connectivity index (χ1) is 16.7. The van der Waals surface area contributed by atoms with Crippen LogP contribution in [0.2, 0.25) is 0 Å². The van der Waals surface area contributed by atoms with Crippen LogP contribution < -0.4 is 0 Å². The molecular weight excluding hydrogens is 418 g/mol. The SMILES string of the molecule is C=N/N=C(\C)c1cccc(-c2ccccc2-c2nc(-c3ccccc3)c(-c3ccccc3)o2)c1. The molecule has 0 aliphatic rings. The van der Waals surface area contributed by atoms with Gasteiger partial charge in [-0.2, -0.15) is 10.2 Å². The summed E-state index contributed by atoms with van der Waals surface area (Å²) in [5.41, 5.74) is 7.63. The minimum absolute atomic E-state index is 0.580. The molecular formula is C30H23N3O. The third kappa shape index (κ3) is 4.21. The van der Waals surface area contributed by atoms with E-state index in [1.54, 1.807) is 0 Å². The van der Waals surface area contributed by atoms with Gasteiger partial charge in [0.15, 0.2) is 5.76 Å². The lowest BCUT2D eigenvalue weighted by atomic mass is 9.97. The number of oxazole rings is 1. The Morgan fingerprint density at radius 1 is 0.706 bits per heavy atom. The lowest BCUT2D eigenvalue weighted by Crippen LogP contribution is -1.94. The van der Waals surface area contributed by atoms with Gasteiger partial charge in [0, 0.05) is 23.4 Å². The second kappa shape index (κ2) is 9.51. The molecule has 4 aromatic carbocycles. The zero-order chi connectivity index (χ0) is 23.3. The second-order valence-electron chi connectivity index (χ2n) is 7.88. The molecule has 1 heterocycles. The van der Waals surface area contributed by atoms with E-state index in [0.717, 1.165) is 50.5 Å². The first-order valence-corrected chi connectivity index (χ1v) is 11.1. The van der Waals surface area contributed by atoms with Crippen molar-refractivity contribution in [3.05, 3.63) is 115 Å². The Kier molecular flexibility index (Phi) is 5.95. The Balaban J connectivity index is 1.67. The van der Waals surface area contributed by atoms with Gasteiger partial charge in [0.1, 0.15) is 5.69 Å². The van der Waals surface area contributed by atoms with Gasteiger partial charge in [0.05, 0.1) is 5.71 Å². The molecule has 1 aromatic heterocycles. The first-order valence-electron chi connectivity index (χ1n) is 11.1. The predicted octanol–water partition coefficient (Wildman–Crippen LogP) is 7.77. The van der Waals surface area contributed by atoms with Crippen molar-refractivity contribution in [2.24, 2.45) is 10.2 Å². The van der Waals surface area contributed by atoms with Crippen molar-refractivity contribution < 1.29 is 4.42 Å². The fourth-order valence-electron chi connectivity index (χ4n) is 4.01. The van der Waals surface area contributed by atoms with Crippen molar-refractivity contribution in [2.75, 3.05) is 0 Å². The van der Waals surface area contributed by atoms with E-state index in [0.29, 0.717) is 5.89 Å². The van der Waals surface area contributed by atoms with Crippen molar-refractivity contribution in [1.82, 2.24) is 4.98 Å². The van der Waals surface area contributed by atoms with Crippen LogP contribution in [0, 0.1) is 0 Å². The molecule has 5 rings (SSSR count). The summed E-state index contributed by atoms with van der Waals surface area (Å²) in [4.78, 5) is 4.99. The van der Waals surface area contributed by atoms with Gasteiger partial charge in [0.25, 0.3) is 0 Å². The molecule has 0 unspecified atom stereocenters. The summed E-state index contributed by atoms with van der Waals surface area (Å²) in [5, 5.41) is 7.75. The second-order valence-corrected chi connectivity index (χ2v) is 7.88. The summed E-state index contributed by atoms with van der Waals surface area (Å²) in [7, 11) is 0. The molecule has 4 nitrogen and oxygen atoms in total. The van der Waals surface area contributed by atoms with E-state index in [4.69, 9.17) is 9.40 Å². The van der Waals surface area contributed by atoms with Gasteiger partial charge in [-0.05, 0) is 35.7 Å². The molecule has 0 fully saturated rings. The van der Waals surface area contributed by atoms with Crippen LogP contribution >= 0.6 is 0 Å². The number of rotatable bonds is 6. The van der Waals surface area contributed by atoms with Gasteiger partial charge in [-0.3, -0.25) is 0 Å². The van der Waals surface area contributed by atoms with Crippen molar-refractivity contribution >= 4 is 12.4 Å². The van der Waals surface area contributed by atoms with E-state index in [-0.39, 0.29) is 0 Å². The van der Waals surface area contributed by atoms with Gasteiger partial charge >= 0.3 is 0 Å². The summed E-state index contributed by atoms with van der Waals surface area (Å²) in [6.07, 6.45) is 0. The van der Waals surface area contributed by atoms with E-state index < -0.39 is 0 Å². The molecule has 0 amide bonds. The van der Waals surface area contributed by atoms with E-state index >= 15 is 0 Å². The molecule has 0 bridgehead atoms. The Bertz CT molecular complexity index is 1410. The van der Waals surface area contributed by atoms with Gasteiger partial charge in [0.2, 0.25) is 5.89 Å². The molecule has 4 heteroatoms. The van der Waals surface area contributed by atoms with Crippen molar-refractivity contribution in [2.45, 2.75) is 6.92 Å². The van der Waals surface area contributed by atoms with Gasteiger partial charge in [-0.15, -0.1) is 0 Å². The number of nitrogens with zero attached hydrogens (tertiary/aromatic N) is 3. The quantitative estimate of drug-likeness (QED) is 0.200. The highest BCUT2D eigenvalue weighted by Crippen LogP contribution is 2.39. The Hall–Kier alpha value is -4.57. The highest BCUT2D eigenvalue weighted by atomic mass is 16.4. The Labute approximate surface area is 199 Å². The van der Waals surface area contributed by atoms with Crippen molar-refractivity contribution in [3.8, 4) is 45.2 Å². The summed E-state index contributed by atoms with van der Waals surface area (Å²) in [5.74, 6) is 1.34. The summed E-state index contributed by atoms with van der Waals surface area (Å²) in [6, 6.07) is 36.6. The van der Waals surface area contributed by atoms with Crippen LogP contribution in [0.4, 0.5) is 0 Å². The molecule has 0 radical (unpaired) electrons. The number of hydrogen-bond acceptors (Lipinski definition) is 4. The third-order valence-electron chi connectivity index (χ3n) is 5.68. The van der Waals surface area contributed by atoms with Crippen LogP contribution in [0.15, 0.2) is 124 Å². The van der Waals surface area contributed by atoms with E-state index in [1.165, 1.54) is 0 Å². The van der Waals surface area contributed by atoms with Gasteiger partial charge in [-0.25, -0.2) is 4.98 Å². The average Bonchev–Trinajstić information content (AvgIpc) is 3.35. The lowest BCUT2D eigenvalue weighted by Gasteiger charge is -2.09. The largest absolute Gasteiger partial charge is 0.435 e. The normalized spacial score (nSPS) is 11.4. The van der Waals surface area contributed by atoms with Crippen LogP contribution in [0.5, 0.6) is 0 Å². The van der Waals surface area contributed by atoms with Crippen LogP contribution in [-0.2, 0) is 0 Å². The number of hydrogen-bond donors (Lipinski definition) is 0. The average molecular weight is 442 g/mol. The zero-order valence-electron chi connectivity index (χ0n) is 18.8. The highest BCUT2D eigenvalue weighted by Gasteiger charge is 2.20. The van der Waals surface area contributed by atoms with Crippen LogP contribution in [0.1, 0.15) is 12.5 Å². The maximum atomic E-state index is 6.46. The third-order valence-corrected chi connectivity index (χ3v) is 5.68. The maximum absolute atomic E-state index is 6.46. The van der Waals surface area contributed by atoms with E-state index in [1.807, 2.05) is 85.8 Å². The molecule has 34 heavy (non-hydrogen) atoms. The van der Waals surface area contributed by atoms with Crippen molar-refractivity contribution in [3.63, 3.8) is 0 Å². The first kappa shape index (κ1) is 21.3. The molecule has 0 N–H and O–H groups in total. The summed E-state index contributed by atoms with van der Waals surface area (Å²) < 4.78 is 6.46. The fraction of sp³-hybridized carbons (Fsp3) is 0.0333. The van der Waals surface area contributed by atoms with Crippen LogP contribution in [0.25, 0.3) is 45.2 Å². The molecule has 0 saturated carbocycles. The Morgan fingerprint density at radius 2 is 1.32 bits per heavy atom. The molecule has 0 saturated heterocycles. The summed E-state index contributed by atoms with van der Waals surface area (Å²) >= 11 is 0. The Morgan fingerprint density at radius 3 is 2.03 bits per heavy atom. The fourth-order valence-corrected chi connectivity index (χ4v) is 4.01. The monoisotopic (exact) mass is 441 g/mol. The smallest absolute Gasteiger partial charge is 0.227 e. The van der Waals surface area contributed by atoms with Gasteiger partial charge in [-0.1, -0.05) is 97.1 Å². The topological polar surface area (TPSA) is 50.8 Å². The maximum Gasteiger partial charge on any atom is 0.227 e. The predicted molar refractivity (Wildman–Crippen MR) is 140 cm³/mol. The standard InChI is InChI=1S/C30H23N3O/c1-21(33-31-2)24-16-11-17-25(20-24)26-18-9-10-19-27(26)30-32-28(22-12-5-3-6-13-22)29(34-30)23-14-7-4-8-15-23/h3-20H,2H2,1H3/b33-21+. The minimum Gasteiger partial charge on any atom is -0.435 e. The number of benzene rings is 4. The van der Waals surface area contributed by atoms with Gasteiger partial charge < -0.3 is 4.42 Å². The van der Waals surface area contributed by atoms with Crippen LogP contribution in [0.3, 0.4) is 0 Å². The highest BCUT2D eigenvalue weighted by molar-refractivity contribution is 6.00. The molecule has 0 atom stereocenters. The molecule has 164 valence electrons. The molecule has 5 aromatic rings. The molecule has 0 spiro atoms. The summed E-state index contributed by atoms with van der Waals surface area (Å²) in [6.45, 7) is 5.39. The number of aromatic nitrogens is 1. The minimum atomic E-state index is 0.580. The zero-order valence-corrected chi connectivity index (χ0v) is 18.8. The lowest BCUT2D eigenvalue weighted by molar-refractivity contribution is 0.589. The van der Waals surface area contributed by atoms with Crippen LogP contribution in [-0.4, -0.2) is 17.4 Å². The van der Waals surface area contributed by atoms with E-state index in [9.17, 15) is 0 Å². The van der Waals surface area contributed by atoms with E-state index in [2.05, 4.69) is 47.3 Å².